The first-order valence-electron chi connectivity index (χ1n) is 6.43. The first kappa shape index (κ1) is 17.1. The van der Waals surface area contributed by atoms with Crippen LogP contribution in [-0.4, -0.2) is 15.5 Å². The topological polar surface area (TPSA) is 55.4 Å². The number of hydrogen-bond donors (Lipinski definition) is 1. The fourth-order valence-corrected chi connectivity index (χ4v) is 3.78. The second kappa shape index (κ2) is 6.87. The summed E-state index contributed by atoms with van der Waals surface area (Å²) in [6, 6.07) is 10.4. The molecule has 4 nitrogen and oxygen atoms in total. The highest BCUT2D eigenvalue weighted by molar-refractivity contribution is 7.89. The molecule has 0 spiro atoms. The largest absolute Gasteiger partial charge is 0.495 e. The Kier molecular flexibility index (Phi) is 5.34. The zero-order valence-electron chi connectivity index (χ0n) is 12.1. The summed E-state index contributed by atoms with van der Waals surface area (Å²) in [4.78, 5) is -0.0754. The molecule has 2 aromatic rings. The number of hydrogen-bond acceptors (Lipinski definition) is 3. The van der Waals surface area contributed by atoms with E-state index in [1.165, 1.54) is 19.2 Å². The van der Waals surface area contributed by atoms with Crippen LogP contribution < -0.4 is 9.46 Å². The highest BCUT2D eigenvalue weighted by atomic mass is 35.5. The number of methoxy groups -OCH3 is 1. The van der Waals surface area contributed by atoms with Crippen LogP contribution in [0.4, 0.5) is 0 Å². The molecule has 2 aromatic carbocycles. The van der Waals surface area contributed by atoms with E-state index in [-0.39, 0.29) is 21.5 Å². The van der Waals surface area contributed by atoms with Crippen LogP contribution in [0.1, 0.15) is 11.1 Å². The molecule has 0 saturated carbocycles. The van der Waals surface area contributed by atoms with E-state index < -0.39 is 10.0 Å². The quantitative estimate of drug-likeness (QED) is 0.883. The lowest BCUT2D eigenvalue weighted by Gasteiger charge is -2.12. The van der Waals surface area contributed by atoms with Gasteiger partial charge in [0.25, 0.3) is 0 Å². The molecular formula is C15H15Cl2NO3S. The number of benzene rings is 2. The fourth-order valence-electron chi connectivity index (χ4n) is 1.94. The molecule has 0 aliphatic rings. The Morgan fingerprint density at radius 1 is 1.09 bits per heavy atom. The van der Waals surface area contributed by atoms with Gasteiger partial charge in [-0.15, -0.1) is 0 Å². The van der Waals surface area contributed by atoms with Gasteiger partial charge >= 0.3 is 0 Å². The Labute approximate surface area is 140 Å². The highest BCUT2D eigenvalue weighted by Gasteiger charge is 2.21. The van der Waals surface area contributed by atoms with Crippen LogP contribution >= 0.6 is 23.2 Å². The number of sulfonamides is 1. The van der Waals surface area contributed by atoms with E-state index in [1.807, 2.05) is 31.2 Å². The summed E-state index contributed by atoms with van der Waals surface area (Å²) in [7, 11) is -2.34. The maximum absolute atomic E-state index is 12.4. The third-order valence-electron chi connectivity index (χ3n) is 3.23. The lowest BCUT2D eigenvalue weighted by molar-refractivity contribution is 0.414. The number of halogens is 2. The lowest BCUT2D eigenvalue weighted by atomic mass is 10.1. The Morgan fingerprint density at radius 2 is 1.77 bits per heavy atom. The van der Waals surface area contributed by atoms with Gasteiger partial charge in [0.1, 0.15) is 15.7 Å². The summed E-state index contributed by atoms with van der Waals surface area (Å²) < 4.78 is 32.3. The number of aryl methyl sites for hydroxylation is 1. The predicted octanol–water partition coefficient (Wildman–Crippen LogP) is 3.79. The minimum atomic E-state index is -3.78. The lowest BCUT2D eigenvalue weighted by Crippen LogP contribution is -2.24. The van der Waals surface area contributed by atoms with Crippen molar-refractivity contribution in [2.45, 2.75) is 18.4 Å². The molecule has 1 N–H and O–H groups in total. The summed E-state index contributed by atoms with van der Waals surface area (Å²) >= 11 is 12.0. The molecule has 0 heterocycles. The summed E-state index contributed by atoms with van der Waals surface area (Å²) in [5.41, 5.74) is 1.89. The van der Waals surface area contributed by atoms with Crippen molar-refractivity contribution >= 4 is 33.2 Å². The molecule has 7 heteroatoms. The average Bonchev–Trinajstić information content (AvgIpc) is 2.49. The van der Waals surface area contributed by atoms with Crippen molar-refractivity contribution in [1.82, 2.24) is 4.72 Å². The van der Waals surface area contributed by atoms with Crippen LogP contribution in [0.25, 0.3) is 0 Å². The molecular weight excluding hydrogens is 345 g/mol. The van der Waals surface area contributed by atoms with Crippen LogP contribution in [0, 0.1) is 6.92 Å². The van der Waals surface area contributed by atoms with Crippen LogP contribution in [0.5, 0.6) is 5.75 Å². The van der Waals surface area contributed by atoms with Crippen LogP contribution in [0.2, 0.25) is 10.0 Å². The molecule has 0 atom stereocenters. The van der Waals surface area contributed by atoms with Crippen molar-refractivity contribution in [2.24, 2.45) is 0 Å². The molecule has 0 aliphatic carbocycles. The standard InChI is InChI=1S/C15H15Cl2NO3S/c1-10-5-3-4-6-11(10)9-18-22(19,20)13-8-7-12(21-2)14(16)15(13)17/h3-8,18H,9H2,1-2H3. The second-order valence-corrected chi connectivity index (χ2v) is 7.14. The normalized spacial score (nSPS) is 11.5. The van der Waals surface area contributed by atoms with Crippen molar-refractivity contribution in [3.63, 3.8) is 0 Å². The van der Waals surface area contributed by atoms with E-state index >= 15 is 0 Å². The van der Waals surface area contributed by atoms with Gasteiger partial charge < -0.3 is 4.74 Å². The highest BCUT2D eigenvalue weighted by Crippen LogP contribution is 2.36. The molecule has 2 rings (SSSR count). The second-order valence-electron chi connectivity index (χ2n) is 4.64. The molecule has 0 saturated heterocycles. The maximum atomic E-state index is 12.4. The van der Waals surface area contributed by atoms with E-state index in [9.17, 15) is 8.42 Å². The predicted molar refractivity (Wildman–Crippen MR) is 88.2 cm³/mol. The van der Waals surface area contributed by atoms with Gasteiger partial charge in [0.15, 0.2) is 0 Å². The third kappa shape index (κ3) is 3.55. The van der Waals surface area contributed by atoms with Gasteiger partial charge in [0.05, 0.1) is 12.1 Å². The monoisotopic (exact) mass is 359 g/mol. The molecule has 0 unspecified atom stereocenters. The smallest absolute Gasteiger partial charge is 0.242 e. The molecule has 0 amide bonds. The Hall–Kier alpha value is -1.27. The van der Waals surface area contributed by atoms with Gasteiger partial charge in [-0.2, -0.15) is 0 Å². The van der Waals surface area contributed by atoms with E-state index in [1.54, 1.807) is 0 Å². The first-order chi connectivity index (χ1) is 10.4. The van der Waals surface area contributed by atoms with Gasteiger partial charge in [0, 0.05) is 6.54 Å². The Balaban J connectivity index is 2.28. The SMILES string of the molecule is COc1ccc(S(=O)(=O)NCc2ccccc2C)c(Cl)c1Cl. The summed E-state index contributed by atoms with van der Waals surface area (Å²) in [6.45, 7) is 2.09. The number of rotatable bonds is 5. The molecule has 22 heavy (non-hydrogen) atoms. The fraction of sp³-hybridized carbons (Fsp3) is 0.200. The molecule has 0 aliphatic heterocycles. The number of nitrogens with one attached hydrogen (secondary N) is 1. The first-order valence-corrected chi connectivity index (χ1v) is 8.67. The molecule has 118 valence electrons. The Bertz CT molecular complexity index is 791. The third-order valence-corrected chi connectivity index (χ3v) is 5.65. The minimum absolute atomic E-state index is 0.0571. The molecule has 0 fully saturated rings. The Morgan fingerprint density at radius 3 is 2.41 bits per heavy atom. The van der Waals surface area contributed by atoms with Crippen molar-refractivity contribution in [3.8, 4) is 5.75 Å². The van der Waals surface area contributed by atoms with Gasteiger partial charge in [-0.05, 0) is 30.2 Å². The van der Waals surface area contributed by atoms with Crippen LogP contribution in [0.3, 0.4) is 0 Å². The van der Waals surface area contributed by atoms with Crippen molar-refractivity contribution in [3.05, 3.63) is 57.6 Å². The van der Waals surface area contributed by atoms with Gasteiger partial charge in [0.2, 0.25) is 10.0 Å². The summed E-state index contributed by atoms with van der Waals surface area (Å²) in [6.07, 6.45) is 0. The van der Waals surface area contributed by atoms with E-state index in [4.69, 9.17) is 27.9 Å². The molecule has 0 bridgehead atoms. The minimum Gasteiger partial charge on any atom is -0.495 e. The summed E-state index contributed by atoms with van der Waals surface area (Å²) in [5.74, 6) is 0.324. The average molecular weight is 360 g/mol. The summed E-state index contributed by atoms with van der Waals surface area (Å²) in [5, 5.41) is 0.0150. The molecule has 0 aromatic heterocycles. The van der Waals surface area contributed by atoms with Crippen molar-refractivity contribution < 1.29 is 13.2 Å². The van der Waals surface area contributed by atoms with E-state index in [0.29, 0.717) is 5.75 Å². The number of ether oxygens (including phenoxy) is 1. The zero-order valence-corrected chi connectivity index (χ0v) is 14.4. The zero-order chi connectivity index (χ0) is 16.3. The maximum Gasteiger partial charge on any atom is 0.242 e. The van der Waals surface area contributed by atoms with Crippen molar-refractivity contribution in [1.29, 1.82) is 0 Å². The van der Waals surface area contributed by atoms with E-state index in [0.717, 1.165) is 11.1 Å². The van der Waals surface area contributed by atoms with Crippen LogP contribution in [-0.2, 0) is 16.6 Å². The van der Waals surface area contributed by atoms with Gasteiger partial charge in [-0.1, -0.05) is 47.5 Å². The van der Waals surface area contributed by atoms with Crippen LogP contribution in [0.15, 0.2) is 41.3 Å². The van der Waals surface area contributed by atoms with E-state index in [2.05, 4.69) is 4.72 Å². The molecule has 0 radical (unpaired) electrons. The van der Waals surface area contributed by atoms with Gasteiger partial charge in [-0.3, -0.25) is 0 Å². The van der Waals surface area contributed by atoms with Gasteiger partial charge in [-0.25, -0.2) is 13.1 Å². The van der Waals surface area contributed by atoms with Crippen molar-refractivity contribution in [2.75, 3.05) is 7.11 Å².